The second-order valence-corrected chi connectivity index (χ2v) is 12.5. The van der Waals surface area contributed by atoms with Crippen LogP contribution in [0.25, 0.3) is 0 Å². The third kappa shape index (κ3) is 15.7. The molecule has 1 aromatic rings. The Morgan fingerprint density at radius 2 is 1.84 bits per heavy atom. The van der Waals surface area contributed by atoms with Crippen LogP contribution in [0.1, 0.15) is 78.5 Å². The average molecular weight is 687 g/mol. The molecule has 0 aromatic carbocycles. The van der Waals surface area contributed by atoms with Gasteiger partial charge in [-0.05, 0) is 70.2 Å². The molecule has 0 bridgehead atoms. The molecule has 0 saturated heterocycles. The number of pyridine rings is 1. The van der Waals surface area contributed by atoms with Gasteiger partial charge in [-0.1, -0.05) is 73.9 Å². The molecular weight excluding hydrogens is 637 g/mol. The number of amides is 1. The first-order valence-electron chi connectivity index (χ1n) is 16.4. The Bertz CT molecular complexity index is 1440. The van der Waals surface area contributed by atoms with Crippen LogP contribution in [0.15, 0.2) is 89.7 Å². The molecule has 2 N–H and O–H groups in total. The van der Waals surface area contributed by atoms with Crippen LogP contribution in [0.3, 0.4) is 0 Å². The number of rotatable bonds is 17. The van der Waals surface area contributed by atoms with Crippen molar-refractivity contribution in [3.05, 3.63) is 101 Å². The molecule has 0 spiro atoms. The smallest absolute Gasteiger partial charge is 0.417 e. The summed E-state index contributed by atoms with van der Waals surface area (Å²) in [6.45, 7) is 11.1. The molecular formula is C38H49F3N2O6. The van der Waals surface area contributed by atoms with Crippen molar-refractivity contribution in [3.8, 4) is 0 Å². The first-order chi connectivity index (χ1) is 23.1. The lowest BCUT2D eigenvalue weighted by Gasteiger charge is -2.26. The van der Waals surface area contributed by atoms with Gasteiger partial charge in [-0.3, -0.25) is 9.78 Å². The minimum atomic E-state index is -4.48. The summed E-state index contributed by atoms with van der Waals surface area (Å²) in [5.74, 6) is -1.56. The maximum atomic E-state index is 13.1. The van der Waals surface area contributed by atoms with Crippen LogP contribution in [0, 0.1) is 17.8 Å². The Balaban J connectivity index is 1.73. The van der Waals surface area contributed by atoms with Gasteiger partial charge in [0, 0.05) is 30.5 Å². The van der Waals surface area contributed by atoms with Gasteiger partial charge >= 0.3 is 18.2 Å². The van der Waals surface area contributed by atoms with Crippen molar-refractivity contribution in [2.75, 3.05) is 6.61 Å². The molecule has 49 heavy (non-hydrogen) atoms. The number of Topliss-reactive ketones (excluding diaryl/α,β-unsaturated/α-hetero) is 1. The number of carbonyl (C=O) groups excluding carboxylic acids is 3. The third-order valence-corrected chi connectivity index (χ3v) is 8.01. The number of alkyl carbamates (subject to hydrolysis) is 1. The Labute approximate surface area is 287 Å². The number of hydrogen-bond donors (Lipinski definition) is 2. The predicted octanol–water partition coefficient (Wildman–Crippen LogP) is 8.16. The van der Waals surface area contributed by atoms with Crippen LogP contribution in [0.4, 0.5) is 18.0 Å². The Hall–Kier alpha value is -4.25. The molecule has 1 aliphatic heterocycles. The van der Waals surface area contributed by atoms with E-state index >= 15 is 0 Å². The number of esters is 1. The number of aromatic nitrogens is 1. The average Bonchev–Trinajstić information content (AvgIpc) is 3.04. The molecule has 0 radical (unpaired) electrons. The van der Waals surface area contributed by atoms with Gasteiger partial charge in [-0.25, -0.2) is 9.59 Å². The number of carbonyl (C=O) groups is 3. The van der Waals surface area contributed by atoms with E-state index in [4.69, 9.17) is 9.47 Å². The highest BCUT2D eigenvalue weighted by atomic mass is 19.4. The van der Waals surface area contributed by atoms with Gasteiger partial charge < -0.3 is 19.9 Å². The van der Waals surface area contributed by atoms with Crippen molar-refractivity contribution in [1.29, 1.82) is 0 Å². The number of ether oxygens (including phenoxy) is 2. The highest BCUT2D eigenvalue weighted by Gasteiger charge is 2.31. The summed E-state index contributed by atoms with van der Waals surface area (Å²) < 4.78 is 48.3. The Kier molecular flexibility index (Phi) is 17.0. The van der Waals surface area contributed by atoms with Crippen molar-refractivity contribution >= 4 is 17.8 Å². The maximum Gasteiger partial charge on any atom is 0.417 e. The van der Waals surface area contributed by atoms with E-state index in [0.717, 1.165) is 35.6 Å². The second kappa shape index (κ2) is 20.3. The molecule has 5 unspecified atom stereocenters. The van der Waals surface area contributed by atoms with Crippen molar-refractivity contribution in [2.24, 2.45) is 17.8 Å². The third-order valence-electron chi connectivity index (χ3n) is 8.01. The molecule has 0 fully saturated rings. The van der Waals surface area contributed by atoms with Crippen LogP contribution in [0.2, 0.25) is 0 Å². The zero-order valence-electron chi connectivity index (χ0n) is 29.1. The topological polar surface area (TPSA) is 115 Å². The van der Waals surface area contributed by atoms with Crippen LogP contribution in [0.5, 0.6) is 0 Å². The summed E-state index contributed by atoms with van der Waals surface area (Å²) >= 11 is 0. The van der Waals surface area contributed by atoms with Crippen molar-refractivity contribution in [1.82, 2.24) is 10.3 Å². The van der Waals surface area contributed by atoms with E-state index in [2.05, 4.69) is 22.5 Å². The molecule has 11 heteroatoms. The van der Waals surface area contributed by atoms with Crippen molar-refractivity contribution < 1.29 is 42.1 Å². The van der Waals surface area contributed by atoms with E-state index in [1.165, 1.54) is 12.1 Å². The van der Waals surface area contributed by atoms with Crippen LogP contribution >= 0.6 is 0 Å². The number of unbranched alkanes of at least 4 members (excludes halogenated alkanes) is 1. The molecule has 2 rings (SSSR count). The first-order valence-corrected chi connectivity index (χ1v) is 16.4. The SMILES string of the molecule is CC(=C/CC/C=C/C(C)=C/C(C)C(=O)C(C)C(O)C(C)C/C(C)=C/COC(=O)NCc1ccc(C(F)(F)F)cn1)/C=C/C1CC=CC(=O)O1. The fraction of sp³-hybridized carbons (Fsp3) is 0.474. The van der Waals surface area contributed by atoms with Crippen molar-refractivity contribution in [2.45, 2.75) is 92.2 Å². The summed E-state index contributed by atoms with van der Waals surface area (Å²) in [6.07, 6.45) is 14.1. The largest absolute Gasteiger partial charge is 0.455 e. The van der Waals surface area contributed by atoms with Gasteiger partial charge in [-0.2, -0.15) is 13.2 Å². The molecule has 0 aliphatic carbocycles. The van der Waals surface area contributed by atoms with E-state index in [0.29, 0.717) is 19.0 Å². The normalized spacial score (nSPS) is 18.7. The summed E-state index contributed by atoms with van der Waals surface area (Å²) in [5.41, 5.74) is 2.30. The molecule has 1 amide bonds. The minimum Gasteiger partial charge on any atom is -0.455 e. The highest BCUT2D eigenvalue weighted by Crippen LogP contribution is 2.28. The molecule has 1 aromatic heterocycles. The van der Waals surface area contributed by atoms with E-state index in [-0.39, 0.29) is 48.5 Å². The Morgan fingerprint density at radius 3 is 2.49 bits per heavy atom. The molecule has 2 heterocycles. The first kappa shape index (κ1) is 40.9. The maximum absolute atomic E-state index is 13.1. The lowest BCUT2D eigenvalue weighted by atomic mass is 9.83. The van der Waals surface area contributed by atoms with Gasteiger partial charge in [0.2, 0.25) is 0 Å². The van der Waals surface area contributed by atoms with Crippen LogP contribution in [-0.4, -0.2) is 46.8 Å². The van der Waals surface area contributed by atoms with Gasteiger partial charge in [0.05, 0.1) is 23.9 Å². The molecule has 268 valence electrons. The highest BCUT2D eigenvalue weighted by molar-refractivity contribution is 5.85. The summed E-state index contributed by atoms with van der Waals surface area (Å²) in [5, 5.41) is 13.4. The number of allylic oxidation sites excluding steroid dienone is 8. The van der Waals surface area contributed by atoms with Gasteiger partial charge in [0.15, 0.2) is 0 Å². The number of cyclic esters (lactones) is 1. The summed E-state index contributed by atoms with van der Waals surface area (Å²) in [6, 6.07) is 2.08. The van der Waals surface area contributed by atoms with Crippen LogP contribution < -0.4 is 5.32 Å². The molecule has 0 saturated carbocycles. The molecule has 5 atom stereocenters. The fourth-order valence-corrected chi connectivity index (χ4v) is 5.15. The van der Waals surface area contributed by atoms with E-state index in [9.17, 15) is 32.7 Å². The van der Waals surface area contributed by atoms with Crippen LogP contribution in [-0.2, 0) is 31.8 Å². The predicted molar refractivity (Wildman–Crippen MR) is 183 cm³/mol. The number of hydrogen-bond acceptors (Lipinski definition) is 7. The lowest BCUT2D eigenvalue weighted by molar-refractivity contribution is -0.141. The number of alkyl halides is 3. The quantitative estimate of drug-likeness (QED) is 0.0736. The van der Waals surface area contributed by atoms with E-state index in [1.807, 2.05) is 65.0 Å². The number of ketones is 1. The Morgan fingerprint density at radius 1 is 1.10 bits per heavy atom. The van der Waals surface area contributed by atoms with E-state index < -0.39 is 29.9 Å². The number of nitrogens with zero attached hydrogens (tertiary/aromatic N) is 1. The number of nitrogens with one attached hydrogen (secondary N) is 1. The lowest BCUT2D eigenvalue weighted by Crippen LogP contribution is -2.34. The number of aliphatic hydroxyl groups is 1. The number of halogens is 3. The number of aliphatic hydroxyl groups excluding tert-OH is 1. The summed E-state index contributed by atoms with van der Waals surface area (Å²) in [7, 11) is 0. The van der Waals surface area contributed by atoms with Crippen molar-refractivity contribution in [3.63, 3.8) is 0 Å². The summed E-state index contributed by atoms with van der Waals surface area (Å²) in [4.78, 5) is 40.1. The monoisotopic (exact) mass is 686 g/mol. The zero-order valence-corrected chi connectivity index (χ0v) is 29.1. The standard InChI is InChI=1S/C38H49F3N2O6/c1-25(15-18-33-13-10-14-34(44)49-33)11-8-7-9-12-26(2)21-28(4)35(45)30(6)36(46)29(5)22-27(3)19-20-48-37(47)43-24-32-17-16-31(23-42-32)38(39,40)41/h9-12,14-19,21,23,28-30,33,36,46H,7-8,13,20,22,24H2,1-6H3,(H,43,47)/b12-9+,18-15+,25-11-,26-21+,27-19+. The molecule has 8 nitrogen and oxygen atoms in total. The second-order valence-electron chi connectivity index (χ2n) is 12.5. The van der Waals surface area contributed by atoms with Gasteiger partial charge in [0.1, 0.15) is 18.5 Å². The zero-order chi connectivity index (χ0) is 36.6. The van der Waals surface area contributed by atoms with E-state index in [1.54, 1.807) is 13.0 Å². The molecule has 1 aliphatic rings. The fourth-order valence-electron chi connectivity index (χ4n) is 5.15. The minimum absolute atomic E-state index is 0.0337. The van der Waals surface area contributed by atoms with Gasteiger partial charge in [0.25, 0.3) is 0 Å². The van der Waals surface area contributed by atoms with Gasteiger partial charge in [-0.15, -0.1) is 0 Å².